The molecule has 0 atom stereocenters. The van der Waals surface area contributed by atoms with E-state index >= 15 is 0 Å². The maximum Gasteiger partial charge on any atom is 0.131 e. The molecule has 3 aromatic carbocycles. The number of aromatic hydroxyl groups is 2. The summed E-state index contributed by atoms with van der Waals surface area (Å²) in [5, 5.41) is 21.4. The van der Waals surface area contributed by atoms with E-state index in [9.17, 15) is 10.2 Å². The van der Waals surface area contributed by atoms with Gasteiger partial charge < -0.3 is 10.2 Å². The molecule has 2 nitrogen and oxygen atoms in total. The van der Waals surface area contributed by atoms with E-state index < -0.39 is 0 Å². The molecule has 0 unspecified atom stereocenters. The molecule has 0 heterocycles. The van der Waals surface area contributed by atoms with Crippen molar-refractivity contribution in [1.82, 2.24) is 0 Å². The van der Waals surface area contributed by atoms with Gasteiger partial charge in [-0.25, -0.2) is 0 Å². The molecule has 0 saturated heterocycles. The van der Waals surface area contributed by atoms with Crippen LogP contribution in [0.5, 0.6) is 11.5 Å². The SMILES string of the molecule is CC(C)c1c(-c2ccccc2)cc(O)c(-c2ccccc2)c1O. The van der Waals surface area contributed by atoms with Crippen LogP contribution < -0.4 is 0 Å². The Morgan fingerprint density at radius 3 is 1.78 bits per heavy atom. The van der Waals surface area contributed by atoms with Crippen LogP contribution in [-0.4, -0.2) is 10.2 Å². The van der Waals surface area contributed by atoms with E-state index in [4.69, 9.17) is 0 Å². The van der Waals surface area contributed by atoms with E-state index in [1.54, 1.807) is 6.07 Å². The van der Waals surface area contributed by atoms with Crippen LogP contribution in [0.4, 0.5) is 0 Å². The highest BCUT2D eigenvalue weighted by Gasteiger charge is 2.21. The summed E-state index contributed by atoms with van der Waals surface area (Å²) in [7, 11) is 0. The highest BCUT2D eigenvalue weighted by Crippen LogP contribution is 2.47. The topological polar surface area (TPSA) is 40.5 Å². The van der Waals surface area contributed by atoms with E-state index in [-0.39, 0.29) is 17.4 Å². The van der Waals surface area contributed by atoms with Crippen molar-refractivity contribution in [3.63, 3.8) is 0 Å². The van der Waals surface area contributed by atoms with E-state index in [1.807, 2.05) is 74.5 Å². The molecule has 0 saturated carbocycles. The van der Waals surface area contributed by atoms with Crippen LogP contribution in [0.2, 0.25) is 0 Å². The number of hydrogen-bond donors (Lipinski definition) is 2. The summed E-state index contributed by atoms with van der Waals surface area (Å²) < 4.78 is 0. The highest BCUT2D eigenvalue weighted by atomic mass is 16.3. The van der Waals surface area contributed by atoms with Crippen molar-refractivity contribution in [1.29, 1.82) is 0 Å². The normalized spacial score (nSPS) is 10.9. The largest absolute Gasteiger partial charge is 0.507 e. The lowest BCUT2D eigenvalue weighted by Crippen LogP contribution is -1.96. The van der Waals surface area contributed by atoms with Crippen LogP contribution in [0.25, 0.3) is 22.3 Å². The molecule has 3 aromatic rings. The lowest BCUT2D eigenvalue weighted by molar-refractivity contribution is 0.448. The zero-order valence-electron chi connectivity index (χ0n) is 13.3. The van der Waals surface area contributed by atoms with Crippen molar-refractivity contribution in [2.75, 3.05) is 0 Å². The zero-order valence-corrected chi connectivity index (χ0v) is 13.3. The summed E-state index contributed by atoms with van der Waals surface area (Å²) >= 11 is 0. The van der Waals surface area contributed by atoms with E-state index in [2.05, 4.69) is 0 Å². The molecule has 0 amide bonds. The van der Waals surface area contributed by atoms with Gasteiger partial charge in [0.05, 0.1) is 5.56 Å². The third-order valence-corrected chi connectivity index (χ3v) is 4.04. The third-order valence-electron chi connectivity index (χ3n) is 4.04. The van der Waals surface area contributed by atoms with Gasteiger partial charge in [-0.15, -0.1) is 0 Å². The van der Waals surface area contributed by atoms with Crippen LogP contribution in [0.1, 0.15) is 25.3 Å². The van der Waals surface area contributed by atoms with E-state index in [0.717, 1.165) is 22.3 Å². The molecule has 0 aromatic heterocycles. The first-order chi connectivity index (χ1) is 11.1. The molecule has 0 aliphatic rings. The second-order valence-electron chi connectivity index (χ2n) is 5.97. The highest BCUT2D eigenvalue weighted by molar-refractivity contribution is 5.85. The minimum atomic E-state index is 0.0944. The Morgan fingerprint density at radius 2 is 1.26 bits per heavy atom. The van der Waals surface area contributed by atoms with Crippen molar-refractivity contribution in [2.45, 2.75) is 19.8 Å². The van der Waals surface area contributed by atoms with Gasteiger partial charge in [-0.1, -0.05) is 74.5 Å². The first-order valence-corrected chi connectivity index (χ1v) is 7.79. The molecule has 2 heteroatoms. The second kappa shape index (κ2) is 6.17. The fourth-order valence-electron chi connectivity index (χ4n) is 3.00. The lowest BCUT2D eigenvalue weighted by Gasteiger charge is -2.19. The molecule has 0 aliphatic heterocycles. The maximum absolute atomic E-state index is 10.9. The molecular formula is C21H20O2. The number of benzene rings is 3. The van der Waals surface area contributed by atoms with E-state index in [0.29, 0.717) is 5.56 Å². The predicted octanol–water partition coefficient (Wildman–Crippen LogP) is 5.56. The van der Waals surface area contributed by atoms with Crippen molar-refractivity contribution in [2.24, 2.45) is 0 Å². The first kappa shape index (κ1) is 15.2. The van der Waals surface area contributed by atoms with Gasteiger partial charge >= 0.3 is 0 Å². The number of rotatable bonds is 3. The second-order valence-corrected chi connectivity index (χ2v) is 5.97. The summed E-state index contributed by atoms with van der Waals surface area (Å²) in [6.45, 7) is 4.10. The standard InChI is InChI=1S/C21H20O2/c1-14(2)19-17(15-9-5-3-6-10-15)13-18(22)20(21(19)23)16-11-7-4-8-12-16/h3-14,22-23H,1-2H3. The molecule has 3 rings (SSSR count). The quantitative estimate of drug-likeness (QED) is 0.665. The van der Waals surface area contributed by atoms with Gasteiger partial charge in [-0.05, 0) is 28.7 Å². The molecule has 2 N–H and O–H groups in total. The smallest absolute Gasteiger partial charge is 0.131 e. The summed E-state index contributed by atoms with van der Waals surface area (Å²) in [5.41, 5.74) is 4.02. The van der Waals surface area contributed by atoms with Gasteiger partial charge in [-0.2, -0.15) is 0 Å². The number of phenols is 2. The minimum Gasteiger partial charge on any atom is -0.507 e. The van der Waals surface area contributed by atoms with E-state index in [1.165, 1.54) is 0 Å². The summed E-state index contributed by atoms with van der Waals surface area (Å²) in [6, 6.07) is 21.1. The summed E-state index contributed by atoms with van der Waals surface area (Å²) in [5.74, 6) is 0.385. The molecular weight excluding hydrogens is 284 g/mol. The fourth-order valence-corrected chi connectivity index (χ4v) is 3.00. The lowest BCUT2D eigenvalue weighted by atomic mass is 9.87. The third kappa shape index (κ3) is 2.80. The Kier molecular flexibility index (Phi) is 4.07. The number of hydrogen-bond acceptors (Lipinski definition) is 2. The molecule has 116 valence electrons. The zero-order chi connectivity index (χ0) is 16.4. The molecule has 23 heavy (non-hydrogen) atoms. The Labute approximate surface area is 136 Å². The Balaban J connectivity index is 2.29. The molecule has 0 aliphatic carbocycles. The van der Waals surface area contributed by atoms with Gasteiger partial charge in [0, 0.05) is 5.56 Å². The first-order valence-electron chi connectivity index (χ1n) is 7.79. The summed E-state index contributed by atoms with van der Waals surface area (Å²) in [6.07, 6.45) is 0. The van der Waals surface area contributed by atoms with Gasteiger partial charge in [0.15, 0.2) is 0 Å². The average Bonchev–Trinajstić information content (AvgIpc) is 2.55. The van der Waals surface area contributed by atoms with Crippen molar-refractivity contribution >= 4 is 0 Å². The molecule has 0 fully saturated rings. The molecule has 0 spiro atoms. The van der Waals surface area contributed by atoms with Gasteiger partial charge in [-0.3, -0.25) is 0 Å². The monoisotopic (exact) mass is 304 g/mol. The molecule has 0 radical (unpaired) electrons. The van der Waals surface area contributed by atoms with Gasteiger partial charge in [0.2, 0.25) is 0 Å². The number of phenolic OH excluding ortho intramolecular Hbond substituents is 2. The Morgan fingerprint density at radius 1 is 0.739 bits per heavy atom. The van der Waals surface area contributed by atoms with Gasteiger partial charge in [0.1, 0.15) is 11.5 Å². The van der Waals surface area contributed by atoms with Crippen LogP contribution in [0, 0.1) is 0 Å². The fraction of sp³-hybridized carbons (Fsp3) is 0.143. The average molecular weight is 304 g/mol. The van der Waals surface area contributed by atoms with Crippen LogP contribution in [-0.2, 0) is 0 Å². The van der Waals surface area contributed by atoms with Crippen LogP contribution >= 0.6 is 0 Å². The molecule has 0 bridgehead atoms. The minimum absolute atomic E-state index is 0.0944. The van der Waals surface area contributed by atoms with Crippen LogP contribution in [0.3, 0.4) is 0 Å². The van der Waals surface area contributed by atoms with Crippen molar-refractivity contribution < 1.29 is 10.2 Å². The maximum atomic E-state index is 10.9. The Bertz CT molecular complexity index is 806. The van der Waals surface area contributed by atoms with Crippen molar-refractivity contribution in [3.05, 3.63) is 72.3 Å². The predicted molar refractivity (Wildman–Crippen MR) is 94.7 cm³/mol. The van der Waals surface area contributed by atoms with Crippen molar-refractivity contribution in [3.8, 4) is 33.8 Å². The van der Waals surface area contributed by atoms with Crippen LogP contribution in [0.15, 0.2) is 66.7 Å². The Hall–Kier alpha value is -2.74. The van der Waals surface area contributed by atoms with Gasteiger partial charge in [0.25, 0.3) is 0 Å². The summed E-state index contributed by atoms with van der Waals surface area (Å²) in [4.78, 5) is 0.